The molecule has 0 radical (unpaired) electrons. The lowest BCUT2D eigenvalue weighted by Crippen LogP contribution is -2.60. The number of rotatable bonds is 53. The molecule has 442 valence electrons. The van der Waals surface area contributed by atoms with Crippen LogP contribution in [-0.4, -0.2) is 87.5 Å². The number of carbonyl (C=O) groups excluding carboxylic acids is 1. The van der Waals surface area contributed by atoms with E-state index in [9.17, 15) is 30.3 Å². The molecule has 0 aliphatic carbocycles. The van der Waals surface area contributed by atoms with E-state index in [-0.39, 0.29) is 12.5 Å². The average Bonchev–Trinajstić information content (AvgIpc) is 3.43. The van der Waals surface area contributed by atoms with Gasteiger partial charge in [0.2, 0.25) is 5.91 Å². The Labute approximate surface area is 472 Å². The zero-order valence-corrected chi connectivity index (χ0v) is 49.2. The predicted octanol–water partition coefficient (Wildman–Crippen LogP) is 16.5. The van der Waals surface area contributed by atoms with Crippen molar-refractivity contribution in [1.29, 1.82) is 0 Å². The van der Waals surface area contributed by atoms with Crippen LogP contribution in [0.25, 0.3) is 0 Å². The number of hydrogen-bond acceptors (Lipinski definition) is 8. The number of nitrogens with one attached hydrogen (secondary N) is 1. The summed E-state index contributed by atoms with van der Waals surface area (Å²) in [6.45, 7) is 3.72. The molecule has 0 aromatic carbocycles. The molecule has 0 bridgehead atoms. The largest absolute Gasteiger partial charge is 0.394 e. The van der Waals surface area contributed by atoms with Gasteiger partial charge in [-0.05, 0) is 83.5 Å². The lowest BCUT2D eigenvalue weighted by atomic mass is 9.99. The Hall–Kier alpha value is -3.15. The van der Waals surface area contributed by atoms with Crippen molar-refractivity contribution in [1.82, 2.24) is 5.32 Å². The van der Waals surface area contributed by atoms with E-state index in [0.29, 0.717) is 12.8 Å². The Bertz CT molecular complexity index is 1580. The third-order valence-electron chi connectivity index (χ3n) is 14.4. The summed E-state index contributed by atoms with van der Waals surface area (Å²) < 4.78 is 11.3. The molecule has 7 unspecified atom stereocenters. The van der Waals surface area contributed by atoms with Crippen molar-refractivity contribution in [3.05, 3.63) is 109 Å². The summed E-state index contributed by atoms with van der Waals surface area (Å²) in [4.78, 5) is 13.1. The summed E-state index contributed by atoms with van der Waals surface area (Å²) in [7, 11) is 0. The fraction of sp³-hybridized carbons (Fsp3) is 0.721. The van der Waals surface area contributed by atoms with Gasteiger partial charge in [-0.25, -0.2) is 0 Å². The van der Waals surface area contributed by atoms with Gasteiger partial charge in [0.25, 0.3) is 0 Å². The molecule has 1 amide bonds. The van der Waals surface area contributed by atoms with Crippen LogP contribution >= 0.6 is 0 Å². The van der Waals surface area contributed by atoms with Crippen molar-refractivity contribution in [2.45, 2.75) is 301 Å². The maximum Gasteiger partial charge on any atom is 0.220 e. The summed E-state index contributed by atoms with van der Waals surface area (Å²) in [5, 5.41) is 54.6. The number of aliphatic hydroxyl groups excluding tert-OH is 5. The fourth-order valence-corrected chi connectivity index (χ4v) is 9.45. The first-order valence-corrected chi connectivity index (χ1v) is 31.6. The minimum atomic E-state index is -1.56. The van der Waals surface area contributed by atoms with Crippen molar-refractivity contribution in [2.75, 3.05) is 13.2 Å². The molecule has 1 aliphatic rings. The van der Waals surface area contributed by atoms with Crippen molar-refractivity contribution in [3.63, 3.8) is 0 Å². The first-order chi connectivity index (χ1) is 37.8. The number of unbranched alkanes of at least 4 members (excludes halogenated alkanes) is 25. The van der Waals surface area contributed by atoms with Gasteiger partial charge in [0.05, 0.1) is 25.4 Å². The second kappa shape index (κ2) is 56.1. The van der Waals surface area contributed by atoms with E-state index in [1.807, 2.05) is 0 Å². The van der Waals surface area contributed by atoms with Gasteiger partial charge in [-0.3, -0.25) is 4.79 Å². The molecule has 1 rings (SSSR count). The molecule has 6 N–H and O–H groups in total. The van der Waals surface area contributed by atoms with Crippen LogP contribution in [0.3, 0.4) is 0 Å². The number of carbonyl (C=O) groups is 1. The van der Waals surface area contributed by atoms with Crippen molar-refractivity contribution in [3.8, 4) is 0 Å². The topological polar surface area (TPSA) is 149 Å². The smallest absolute Gasteiger partial charge is 0.220 e. The minimum Gasteiger partial charge on any atom is -0.394 e. The number of allylic oxidation sites excluding steroid dienone is 18. The normalized spacial score (nSPS) is 19.5. The Morgan fingerprint density at radius 1 is 0.455 bits per heavy atom. The van der Waals surface area contributed by atoms with Crippen LogP contribution in [0.15, 0.2) is 109 Å². The SMILES string of the molecule is CC/C=C\C/C=C\C/C=C\C/C=C\C/C=C\C/C=C\C/C=C\C/C=C\C/C=C\CCCCCCCCCCCCCCCC(=O)NC(COC1OC(CO)C(O)C(O)C1O)C(O)CCCCCCCCCCCCCCC. The van der Waals surface area contributed by atoms with E-state index < -0.39 is 49.5 Å². The Balaban J connectivity index is 2.09. The molecule has 9 nitrogen and oxygen atoms in total. The number of amides is 1. The second-order valence-corrected chi connectivity index (χ2v) is 21.5. The zero-order chi connectivity index (χ0) is 55.8. The van der Waals surface area contributed by atoms with Crippen LogP contribution < -0.4 is 5.32 Å². The van der Waals surface area contributed by atoms with E-state index >= 15 is 0 Å². The van der Waals surface area contributed by atoms with Gasteiger partial charge in [0.1, 0.15) is 24.4 Å². The summed E-state index contributed by atoms with van der Waals surface area (Å²) in [6, 6.07) is -0.724. The van der Waals surface area contributed by atoms with Crippen LogP contribution in [0.4, 0.5) is 0 Å². The van der Waals surface area contributed by atoms with Crippen molar-refractivity contribution in [2.24, 2.45) is 0 Å². The highest BCUT2D eigenvalue weighted by Crippen LogP contribution is 2.23. The van der Waals surface area contributed by atoms with Crippen LogP contribution in [0.5, 0.6) is 0 Å². The van der Waals surface area contributed by atoms with Crippen molar-refractivity contribution >= 4 is 5.91 Å². The summed E-state index contributed by atoms with van der Waals surface area (Å²) in [6.07, 6.45) is 75.6. The molecule has 0 aromatic rings. The molecule has 0 aromatic heterocycles. The highest BCUT2D eigenvalue weighted by molar-refractivity contribution is 5.76. The second-order valence-electron chi connectivity index (χ2n) is 21.5. The lowest BCUT2D eigenvalue weighted by molar-refractivity contribution is -0.302. The molecule has 9 heteroatoms. The average molecular weight is 1080 g/mol. The van der Waals surface area contributed by atoms with Gasteiger partial charge in [-0.15, -0.1) is 0 Å². The highest BCUT2D eigenvalue weighted by Gasteiger charge is 2.44. The Kier molecular flexibility index (Phi) is 52.4. The number of hydrogen-bond donors (Lipinski definition) is 6. The molecule has 7 atom stereocenters. The zero-order valence-electron chi connectivity index (χ0n) is 49.2. The van der Waals surface area contributed by atoms with Gasteiger partial charge in [-0.1, -0.05) is 277 Å². The summed E-state index contributed by atoms with van der Waals surface area (Å²) in [5.74, 6) is -0.149. The maximum absolute atomic E-state index is 13.1. The number of aliphatic hydroxyl groups is 5. The van der Waals surface area contributed by atoms with E-state index in [2.05, 4.69) is 129 Å². The third-order valence-corrected chi connectivity index (χ3v) is 14.4. The molecule has 0 spiro atoms. The van der Waals surface area contributed by atoms with Crippen LogP contribution in [-0.2, 0) is 14.3 Å². The van der Waals surface area contributed by atoms with Gasteiger partial charge >= 0.3 is 0 Å². The van der Waals surface area contributed by atoms with Crippen molar-refractivity contribution < 1.29 is 39.8 Å². The van der Waals surface area contributed by atoms with Crippen LogP contribution in [0.1, 0.15) is 258 Å². The molecule has 77 heavy (non-hydrogen) atoms. The van der Waals surface area contributed by atoms with Gasteiger partial charge in [-0.2, -0.15) is 0 Å². The van der Waals surface area contributed by atoms with Gasteiger partial charge in [0.15, 0.2) is 6.29 Å². The molecule has 0 saturated carbocycles. The Morgan fingerprint density at radius 3 is 1.19 bits per heavy atom. The molecule has 1 fully saturated rings. The van der Waals surface area contributed by atoms with E-state index in [1.165, 1.54) is 135 Å². The lowest BCUT2D eigenvalue weighted by Gasteiger charge is -2.40. The standard InChI is InChI=1S/C68H117NO8/c1-3-5-7-9-11-13-15-17-18-19-20-21-22-23-24-25-26-27-28-29-30-31-32-33-34-35-36-37-38-39-40-41-42-43-44-46-48-50-52-54-56-58-64(72)69-61(60-76-68-67(75)66(74)65(73)63(59-70)77-68)62(71)57-55-53-51-49-47-45-16-14-12-10-8-6-4-2/h5,7,11,13,17-18,20-21,23-24,26-27,29-30,32-33,35-36,61-63,65-68,70-71,73-75H,3-4,6,8-10,12,14-16,19,22,25,28,31,34,37-60H2,1-2H3,(H,69,72)/b7-5-,13-11-,18-17-,21-20-,24-23-,27-26-,30-29-,33-32-,36-35-. The Morgan fingerprint density at radius 2 is 0.805 bits per heavy atom. The van der Waals surface area contributed by atoms with E-state index in [0.717, 1.165) is 96.3 Å². The minimum absolute atomic E-state index is 0.141. The summed E-state index contributed by atoms with van der Waals surface area (Å²) in [5.41, 5.74) is 0. The number of ether oxygens (including phenoxy) is 2. The predicted molar refractivity (Wildman–Crippen MR) is 327 cm³/mol. The first-order valence-electron chi connectivity index (χ1n) is 31.6. The molecular formula is C68H117NO8. The monoisotopic (exact) mass is 1080 g/mol. The van der Waals surface area contributed by atoms with E-state index in [1.54, 1.807) is 0 Å². The van der Waals surface area contributed by atoms with Gasteiger partial charge < -0.3 is 40.3 Å². The van der Waals surface area contributed by atoms with E-state index in [4.69, 9.17) is 9.47 Å². The molecule has 1 aliphatic heterocycles. The fourth-order valence-electron chi connectivity index (χ4n) is 9.45. The van der Waals surface area contributed by atoms with Crippen LogP contribution in [0, 0.1) is 0 Å². The van der Waals surface area contributed by atoms with Gasteiger partial charge in [0, 0.05) is 6.42 Å². The highest BCUT2D eigenvalue weighted by atomic mass is 16.7. The molecular weight excluding hydrogens is 959 g/mol. The first kappa shape index (κ1) is 71.9. The third kappa shape index (κ3) is 45.3. The maximum atomic E-state index is 13.1. The molecule has 1 saturated heterocycles. The molecule has 1 heterocycles. The van der Waals surface area contributed by atoms with Crippen LogP contribution in [0.2, 0.25) is 0 Å². The quantitative estimate of drug-likeness (QED) is 0.0261. The summed E-state index contributed by atoms with van der Waals surface area (Å²) >= 11 is 0.